The third-order valence-electron chi connectivity index (χ3n) is 0.464. The third kappa shape index (κ3) is 25.5. The van der Waals surface area contributed by atoms with Gasteiger partial charge >= 0.3 is 54.9 Å². The molecule has 0 atom stereocenters. The molecule has 0 spiro atoms. The van der Waals surface area contributed by atoms with Crippen molar-refractivity contribution in [2.75, 3.05) is 0 Å². The molecular formula is C4H10BaCuNiO2. The van der Waals surface area contributed by atoms with Crippen molar-refractivity contribution in [1.29, 1.82) is 0 Å². The fourth-order valence-electron chi connectivity index (χ4n) is 0.214. The molecule has 0 aromatic heterocycles. The number of hydrogen-bond donors (Lipinski definition) is 1. The normalized spacial score (nSPS) is 5.44. The minimum Gasteiger partial charge on any atom is 0 e. The average Bonchev–Trinajstić information content (AvgIpc) is 1.35. The fourth-order valence-corrected chi connectivity index (χ4v) is 0.214. The summed E-state index contributed by atoms with van der Waals surface area (Å²) < 4.78 is 0. The molecule has 0 amide bonds. The molecule has 0 unspecified atom stereocenters. The van der Waals surface area contributed by atoms with E-state index in [-0.39, 0.29) is 82.4 Å². The molecule has 0 saturated heterocycles. The first kappa shape index (κ1) is 22.5. The number of carboxylic acid groups (broad SMARTS) is 1. The zero-order valence-electron chi connectivity index (χ0n) is 4.39. The molecule has 0 aliphatic rings. The number of rotatable bonds is 2. The summed E-state index contributed by atoms with van der Waals surface area (Å²) in [6.07, 6.45) is 1.02. The molecule has 0 aliphatic heterocycles. The molecule has 0 bridgehead atoms. The van der Waals surface area contributed by atoms with Crippen LogP contribution in [-0.4, -0.2) is 60.0 Å². The maximum absolute atomic E-state index is 9.60. The van der Waals surface area contributed by atoms with E-state index in [2.05, 4.69) is 0 Å². The summed E-state index contributed by atoms with van der Waals surface area (Å²) in [6, 6.07) is 0. The van der Waals surface area contributed by atoms with Crippen LogP contribution in [0.2, 0.25) is 0 Å². The molecule has 0 fully saturated rings. The van der Waals surface area contributed by atoms with Crippen molar-refractivity contribution in [2.45, 2.75) is 19.8 Å². The summed E-state index contributed by atoms with van der Waals surface area (Å²) in [4.78, 5) is 9.60. The van der Waals surface area contributed by atoms with E-state index in [9.17, 15) is 4.79 Å². The van der Waals surface area contributed by atoms with E-state index in [0.29, 0.717) is 6.42 Å². The van der Waals surface area contributed by atoms with Crippen molar-refractivity contribution in [1.82, 2.24) is 0 Å². The molecule has 0 aliphatic carbocycles. The van der Waals surface area contributed by atoms with Crippen molar-refractivity contribution in [2.24, 2.45) is 0 Å². The monoisotopic (exact) mass is 349 g/mol. The van der Waals surface area contributed by atoms with Gasteiger partial charge in [0.1, 0.15) is 0 Å². The minimum absolute atomic E-state index is 0. The average molecular weight is 350 g/mol. The number of hydrogen-bond acceptors (Lipinski definition) is 1. The Labute approximate surface area is 116 Å². The van der Waals surface area contributed by atoms with E-state index >= 15 is 0 Å². The smallest absolute Gasteiger partial charge is 0 e. The molecule has 2 nitrogen and oxygen atoms in total. The van der Waals surface area contributed by atoms with Crippen molar-refractivity contribution in [3.63, 3.8) is 0 Å². The fraction of sp³-hybridized carbons (Fsp3) is 0.750. The van der Waals surface area contributed by atoms with Gasteiger partial charge in [-0.3, -0.25) is 4.79 Å². The Hall–Kier alpha value is 2.05. The van der Waals surface area contributed by atoms with Crippen LogP contribution in [0.25, 0.3) is 0 Å². The van der Waals surface area contributed by atoms with Crippen molar-refractivity contribution in [3.05, 3.63) is 0 Å². The van der Waals surface area contributed by atoms with E-state index in [0.717, 1.165) is 6.42 Å². The van der Waals surface area contributed by atoms with Crippen LogP contribution in [0.5, 0.6) is 0 Å². The molecule has 9 heavy (non-hydrogen) atoms. The minimum atomic E-state index is -0.711. The first-order valence-electron chi connectivity index (χ1n) is 1.99. The van der Waals surface area contributed by atoms with E-state index in [1.807, 2.05) is 6.92 Å². The van der Waals surface area contributed by atoms with Crippen LogP contribution >= 0.6 is 0 Å². The van der Waals surface area contributed by atoms with E-state index < -0.39 is 5.97 Å². The Balaban J connectivity index is -0.0000000417. The molecule has 0 heterocycles. The van der Waals surface area contributed by atoms with Gasteiger partial charge < -0.3 is 5.11 Å². The second kappa shape index (κ2) is 16.6. The third-order valence-corrected chi connectivity index (χ3v) is 0.464. The van der Waals surface area contributed by atoms with Crippen molar-refractivity contribution >= 4 is 54.9 Å². The molecule has 0 rings (SSSR count). The number of aliphatic carboxylic acids is 1. The van der Waals surface area contributed by atoms with E-state index in [4.69, 9.17) is 5.11 Å². The zero-order valence-corrected chi connectivity index (χ0v) is 6.32. The molecule has 0 aromatic carbocycles. The zero-order chi connectivity index (χ0) is 4.99. The SMILES string of the molecule is CCCC(=O)O.[BaH2].[Cu].[Ni]. The number of carboxylic acids is 1. The van der Waals surface area contributed by atoms with Gasteiger partial charge in [0, 0.05) is 40.0 Å². The summed E-state index contributed by atoms with van der Waals surface area (Å²) in [5, 5.41) is 7.91. The Kier molecular flexibility index (Phi) is 41.3. The second-order valence-electron chi connectivity index (χ2n) is 1.14. The Morgan fingerprint density at radius 2 is 1.89 bits per heavy atom. The first-order valence-corrected chi connectivity index (χ1v) is 1.99. The molecular weight excluding hydrogens is 340 g/mol. The van der Waals surface area contributed by atoms with E-state index in [1.165, 1.54) is 0 Å². The van der Waals surface area contributed by atoms with Gasteiger partial charge in [-0.2, -0.15) is 0 Å². The predicted octanol–water partition coefficient (Wildman–Crippen LogP) is -0.0501. The summed E-state index contributed by atoms with van der Waals surface area (Å²) in [5.74, 6) is -0.711. The van der Waals surface area contributed by atoms with Gasteiger partial charge in [0.15, 0.2) is 0 Å². The van der Waals surface area contributed by atoms with Gasteiger partial charge in [-0.25, -0.2) is 0 Å². The van der Waals surface area contributed by atoms with Gasteiger partial charge in [-0.05, 0) is 6.42 Å². The van der Waals surface area contributed by atoms with Crippen LogP contribution in [0.3, 0.4) is 0 Å². The van der Waals surface area contributed by atoms with Gasteiger partial charge in [-0.1, -0.05) is 6.92 Å². The summed E-state index contributed by atoms with van der Waals surface area (Å²) in [6.45, 7) is 1.84. The van der Waals surface area contributed by atoms with E-state index in [1.54, 1.807) is 0 Å². The topological polar surface area (TPSA) is 37.3 Å². The van der Waals surface area contributed by atoms with Crippen LogP contribution < -0.4 is 0 Å². The largest absolute Gasteiger partial charge is 0 e. The van der Waals surface area contributed by atoms with Gasteiger partial charge in [0.25, 0.3) is 0 Å². The van der Waals surface area contributed by atoms with Crippen LogP contribution in [0.1, 0.15) is 19.8 Å². The predicted molar refractivity (Wildman–Crippen MR) is 31.1 cm³/mol. The molecule has 0 saturated carbocycles. The van der Waals surface area contributed by atoms with Crippen molar-refractivity contribution < 1.29 is 43.5 Å². The summed E-state index contributed by atoms with van der Waals surface area (Å²) in [7, 11) is 0. The van der Waals surface area contributed by atoms with Gasteiger partial charge in [0.2, 0.25) is 0 Å². The maximum Gasteiger partial charge on any atom is 0 e. The molecule has 61 valence electrons. The van der Waals surface area contributed by atoms with Gasteiger partial charge in [0.05, 0.1) is 0 Å². The summed E-state index contributed by atoms with van der Waals surface area (Å²) >= 11 is 0. The van der Waals surface area contributed by atoms with Crippen LogP contribution in [0.15, 0.2) is 0 Å². The van der Waals surface area contributed by atoms with Crippen LogP contribution in [-0.2, 0) is 38.4 Å². The first-order chi connectivity index (χ1) is 2.77. The number of carbonyl (C=O) groups is 1. The quantitative estimate of drug-likeness (QED) is 0.710. The van der Waals surface area contributed by atoms with Crippen molar-refractivity contribution in [3.8, 4) is 0 Å². The van der Waals surface area contributed by atoms with Gasteiger partial charge in [-0.15, -0.1) is 0 Å². The molecule has 1 N–H and O–H groups in total. The van der Waals surface area contributed by atoms with Crippen LogP contribution in [0, 0.1) is 0 Å². The molecule has 1 radical (unpaired) electrons. The molecule has 0 aromatic rings. The summed E-state index contributed by atoms with van der Waals surface area (Å²) in [5.41, 5.74) is 0. The standard InChI is InChI=1S/C4H8O2.Ba.Cu.Ni.2H/c1-2-3-4(5)6;;;;;/h2-3H2,1H3,(H,5,6);;;;;. The molecule has 5 heteroatoms. The Morgan fingerprint density at radius 1 is 1.56 bits per heavy atom. The Morgan fingerprint density at radius 3 is 1.89 bits per heavy atom. The second-order valence-corrected chi connectivity index (χ2v) is 1.14. The maximum atomic E-state index is 9.60. The Bertz CT molecular complexity index is 62.5. The van der Waals surface area contributed by atoms with Crippen LogP contribution in [0.4, 0.5) is 0 Å².